The molecule has 1 atom stereocenters. The smallest absolute Gasteiger partial charge is 0.129 e. The summed E-state index contributed by atoms with van der Waals surface area (Å²) in [5.41, 5.74) is 4.51. The summed E-state index contributed by atoms with van der Waals surface area (Å²) in [7, 11) is 0. The number of alkyl halides is 1. The molecule has 2 rings (SSSR count). The normalized spacial score (nSPS) is 12.5. The van der Waals surface area contributed by atoms with Crippen LogP contribution < -0.4 is 0 Å². The SMILES string of the molecule is Cc1cc(C(Cl)c2cccc(C)c2I)cc(C)c1F. The van der Waals surface area contributed by atoms with Crippen LogP contribution in [-0.4, -0.2) is 0 Å². The molecule has 0 bridgehead atoms. The molecule has 0 spiro atoms. The summed E-state index contributed by atoms with van der Waals surface area (Å²) in [5, 5.41) is -0.246. The molecule has 0 aliphatic rings. The quantitative estimate of drug-likeness (QED) is 0.458. The maximum Gasteiger partial charge on any atom is 0.129 e. The summed E-state index contributed by atoms with van der Waals surface area (Å²) in [6.07, 6.45) is 0. The van der Waals surface area contributed by atoms with Crippen LogP contribution in [0.5, 0.6) is 0 Å². The Labute approximate surface area is 132 Å². The Kier molecular flexibility index (Phi) is 4.51. The van der Waals surface area contributed by atoms with E-state index in [1.807, 2.05) is 24.3 Å². The van der Waals surface area contributed by atoms with E-state index in [0.29, 0.717) is 11.1 Å². The van der Waals surface area contributed by atoms with Gasteiger partial charge in [-0.15, -0.1) is 11.6 Å². The van der Waals surface area contributed by atoms with Gasteiger partial charge in [-0.1, -0.05) is 30.3 Å². The standard InChI is InChI=1S/C16H15ClFI/c1-9-5-4-6-13(16(9)19)14(17)12-7-10(2)15(18)11(3)8-12/h4-8,14H,1-3H3. The molecular weight excluding hydrogens is 374 g/mol. The van der Waals surface area contributed by atoms with Gasteiger partial charge in [0.15, 0.2) is 0 Å². The molecule has 0 radical (unpaired) electrons. The molecule has 0 N–H and O–H groups in total. The number of halogens is 3. The van der Waals surface area contributed by atoms with Gasteiger partial charge in [0.25, 0.3) is 0 Å². The highest BCUT2D eigenvalue weighted by Gasteiger charge is 2.17. The minimum Gasteiger partial charge on any atom is -0.206 e. The van der Waals surface area contributed by atoms with Crippen LogP contribution in [0, 0.1) is 30.2 Å². The van der Waals surface area contributed by atoms with Gasteiger partial charge < -0.3 is 0 Å². The lowest BCUT2D eigenvalue weighted by Gasteiger charge is -2.15. The first-order valence-corrected chi connectivity index (χ1v) is 7.59. The highest BCUT2D eigenvalue weighted by Crippen LogP contribution is 2.34. The van der Waals surface area contributed by atoms with Gasteiger partial charge in [0.2, 0.25) is 0 Å². The van der Waals surface area contributed by atoms with Gasteiger partial charge in [-0.2, -0.15) is 0 Å². The molecule has 0 aromatic heterocycles. The summed E-state index contributed by atoms with van der Waals surface area (Å²) < 4.78 is 14.8. The zero-order valence-corrected chi connectivity index (χ0v) is 14.0. The van der Waals surface area contributed by atoms with E-state index in [-0.39, 0.29) is 11.2 Å². The Hall–Kier alpha value is -0.610. The van der Waals surface area contributed by atoms with Crippen molar-refractivity contribution in [2.24, 2.45) is 0 Å². The molecular formula is C16H15ClFI. The van der Waals surface area contributed by atoms with E-state index >= 15 is 0 Å². The van der Waals surface area contributed by atoms with Crippen molar-refractivity contribution in [1.29, 1.82) is 0 Å². The molecule has 0 fully saturated rings. The van der Waals surface area contributed by atoms with Crippen molar-refractivity contribution in [3.05, 3.63) is 67.5 Å². The number of rotatable bonds is 2. The molecule has 0 aliphatic carbocycles. The van der Waals surface area contributed by atoms with Crippen molar-refractivity contribution in [2.75, 3.05) is 0 Å². The van der Waals surface area contributed by atoms with Crippen molar-refractivity contribution in [1.82, 2.24) is 0 Å². The Morgan fingerprint density at radius 3 is 2.21 bits per heavy atom. The average Bonchev–Trinajstić information content (AvgIpc) is 2.38. The molecule has 0 aliphatic heterocycles. The van der Waals surface area contributed by atoms with E-state index in [9.17, 15) is 4.39 Å². The topological polar surface area (TPSA) is 0 Å². The first-order valence-electron chi connectivity index (χ1n) is 6.07. The molecule has 1 unspecified atom stereocenters. The lowest BCUT2D eigenvalue weighted by Crippen LogP contribution is -2.00. The fourth-order valence-corrected chi connectivity index (χ4v) is 3.33. The van der Waals surface area contributed by atoms with Crippen LogP contribution in [0.25, 0.3) is 0 Å². The van der Waals surface area contributed by atoms with Gasteiger partial charge in [0, 0.05) is 3.57 Å². The zero-order valence-electron chi connectivity index (χ0n) is 11.1. The van der Waals surface area contributed by atoms with Crippen molar-refractivity contribution in [3.63, 3.8) is 0 Å². The van der Waals surface area contributed by atoms with Gasteiger partial charge in [0.05, 0.1) is 5.38 Å². The minimum atomic E-state index is -0.246. The van der Waals surface area contributed by atoms with Crippen LogP contribution in [0.3, 0.4) is 0 Å². The zero-order chi connectivity index (χ0) is 14.2. The number of hydrogen-bond acceptors (Lipinski definition) is 0. The number of benzene rings is 2. The highest BCUT2D eigenvalue weighted by molar-refractivity contribution is 14.1. The Balaban J connectivity index is 2.50. The molecule has 19 heavy (non-hydrogen) atoms. The average molecular weight is 389 g/mol. The summed E-state index contributed by atoms with van der Waals surface area (Å²) in [5.74, 6) is -0.147. The Morgan fingerprint density at radius 2 is 1.63 bits per heavy atom. The second kappa shape index (κ2) is 5.80. The minimum absolute atomic E-state index is 0.147. The van der Waals surface area contributed by atoms with Crippen LogP contribution in [0.2, 0.25) is 0 Å². The Bertz CT molecular complexity index is 599. The van der Waals surface area contributed by atoms with Crippen LogP contribution in [0.1, 0.15) is 33.2 Å². The molecule has 0 heterocycles. The number of aryl methyl sites for hydroxylation is 3. The maximum atomic E-state index is 13.7. The van der Waals surface area contributed by atoms with Crippen molar-refractivity contribution >= 4 is 34.2 Å². The third kappa shape index (κ3) is 2.95. The van der Waals surface area contributed by atoms with Gasteiger partial charge in [-0.25, -0.2) is 4.39 Å². The summed E-state index contributed by atoms with van der Waals surface area (Å²) in [6.45, 7) is 5.61. The van der Waals surface area contributed by atoms with Gasteiger partial charge >= 0.3 is 0 Å². The van der Waals surface area contributed by atoms with E-state index in [1.165, 1.54) is 9.13 Å². The fourth-order valence-electron chi connectivity index (χ4n) is 2.17. The summed E-state index contributed by atoms with van der Waals surface area (Å²) >= 11 is 8.89. The van der Waals surface area contributed by atoms with Crippen molar-refractivity contribution < 1.29 is 4.39 Å². The molecule has 0 saturated heterocycles. The van der Waals surface area contributed by atoms with E-state index in [1.54, 1.807) is 13.8 Å². The lowest BCUT2D eigenvalue weighted by molar-refractivity contribution is 0.608. The van der Waals surface area contributed by atoms with Gasteiger partial charge in [-0.3, -0.25) is 0 Å². The molecule has 0 nitrogen and oxygen atoms in total. The maximum absolute atomic E-state index is 13.7. The predicted octanol–water partition coefficient (Wildman–Crippen LogP) is 5.68. The summed E-state index contributed by atoms with van der Waals surface area (Å²) in [4.78, 5) is 0. The first-order chi connectivity index (χ1) is 8.91. The molecule has 0 amide bonds. The molecule has 0 saturated carbocycles. The fraction of sp³-hybridized carbons (Fsp3) is 0.250. The van der Waals surface area contributed by atoms with Crippen molar-refractivity contribution in [3.8, 4) is 0 Å². The molecule has 3 heteroatoms. The van der Waals surface area contributed by atoms with E-state index in [4.69, 9.17) is 11.6 Å². The van der Waals surface area contributed by atoms with Gasteiger partial charge in [-0.05, 0) is 71.2 Å². The summed E-state index contributed by atoms with van der Waals surface area (Å²) in [6, 6.07) is 9.76. The Morgan fingerprint density at radius 1 is 1.05 bits per heavy atom. The lowest BCUT2D eigenvalue weighted by atomic mass is 9.99. The van der Waals surface area contributed by atoms with E-state index in [0.717, 1.165) is 11.1 Å². The van der Waals surface area contributed by atoms with Crippen LogP contribution in [0.4, 0.5) is 4.39 Å². The monoisotopic (exact) mass is 388 g/mol. The molecule has 2 aromatic rings. The van der Waals surface area contributed by atoms with Crippen LogP contribution >= 0.6 is 34.2 Å². The van der Waals surface area contributed by atoms with Crippen molar-refractivity contribution in [2.45, 2.75) is 26.1 Å². The molecule has 2 aromatic carbocycles. The number of hydrogen-bond donors (Lipinski definition) is 0. The first kappa shape index (κ1) is 14.8. The van der Waals surface area contributed by atoms with Crippen LogP contribution in [0.15, 0.2) is 30.3 Å². The third-order valence-electron chi connectivity index (χ3n) is 3.25. The second-order valence-corrected chi connectivity index (χ2v) is 6.32. The highest BCUT2D eigenvalue weighted by atomic mass is 127. The van der Waals surface area contributed by atoms with E-state index in [2.05, 4.69) is 35.6 Å². The van der Waals surface area contributed by atoms with Crippen LogP contribution in [-0.2, 0) is 0 Å². The largest absolute Gasteiger partial charge is 0.206 e. The third-order valence-corrected chi connectivity index (χ3v) is 5.21. The van der Waals surface area contributed by atoms with E-state index < -0.39 is 0 Å². The second-order valence-electron chi connectivity index (χ2n) is 4.81. The van der Waals surface area contributed by atoms with Gasteiger partial charge in [0.1, 0.15) is 5.82 Å². The molecule has 100 valence electrons. The predicted molar refractivity (Wildman–Crippen MR) is 87.5 cm³/mol.